The molecular formula is C11H11N3O3S. The summed E-state index contributed by atoms with van der Waals surface area (Å²) in [6.07, 6.45) is 2.59. The predicted octanol–water partition coefficient (Wildman–Crippen LogP) is 1.24. The number of sulfonamides is 1. The zero-order valence-electron chi connectivity index (χ0n) is 9.38. The number of anilines is 1. The molecule has 1 aliphatic heterocycles. The van der Waals surface area contributed by atoms with Gasteiger partial charge in [-0.1, -0.05) is 6.07 Å². The zero-order valence-corrected chi connectivity index (χ0v) is 10.2. The molecule has 2 aromatic rings. The molecule has 2 N–H and O–H groups in total. The summed E-state index contributed by atoms with van der Waals surface area (Å²) >= 11 is 0. The summed E-state index contributed by atoms with van der Waals surface area (Å²) in [6.45, 7) is 1.11. The molecule has 6 nitrogen and oxygen atoms in total. The van der Waals surface area contributed by atoms with Gasteiger partial charge >= 0.3 is 0 Å². The molecule has 0 unspecified atom stereocenters. The molecule has 0 aliphatic carbocycles. The van der Waals surface area contributed by atoms with Crippen LogP contribution < -0.4 is 4.72 Å². The SMILES string of the molecule is O=S(=O)(Nc1ccc2c(c1)COC2)c1cnc[nH]1. The number of nitrogens with zero attached hydrogens (tertiary/aromatic N) is 1. The monoisotopic (exact) mass is 265 g/mol. The molecule has 7 heteroatoms. The van der Waals surface area contributed by atoms with E-state index in [-0.39, 0.29) is 5.03 Å². The van der Waals surface area contributed by atoms with E-state index in [1.807, 2.05) is 6.07 Å². The van der Waals surface area contributed by atoms with Gasteiger partial charge in [0, 0.05) is 5.69 Å². The van der Waals surface area contributed by atoms with Crippen LogP contribution in [-0.4, -0.2) is 18.4 Å². The largest absolute Gasteiger partial charge is 0.372 e. The fourth-order valence-corrected chi connectivity index (χ4v) is 2.79. The van der Waals surface area contributed by atoms with Crippen molar-refractivity contribution < 1.29 is 13.2 Å². The van der Waals surface area contributed by atoms with E-state index in [4.69, 9.17) is 4.74 Å². The fraction of sp³-hybridized carbons (Fsp3) is 0.182. The molecule has 0 spiro atoms. The number of ether oxygens (including phenoxy) is 1. The maximum absolute atomic E-state index is 11.9. The third kappa shape index (κ3) is 1.98. The number of nitrogens with one attached hydrogen (secondary N) is 2. The van der Waals surface area contributed by atoms with Crippen LogP contribution in [0.3, 0.4) is 0 Å². The first-order valence-electron chi connectivity index (χ1n) is 5.36. The number of H-pyrrole nitrogens is 1. The van der Waals surface area contributed by atoms with Crippen molar-refractivity contribution in [1.82, 2.24) is 9.97 Å². The van der Waals surface area contributed by atoms with Gasteiger partial charge < -0.3 is 9.72 Å². The Kier molecular flexibility index (Phi) is 2.57. The summed E-state index contributed by atoms with van der Waals surface area (Å²) < 4.78 is 31.7. The second kappa shape index (κ2) is 4.11. The maximum Gasteiger partial charge on any atom is 0.278 e. The van der Waals surface area contributed by atoms with Crippen LogP contribution in [0.4, 0.5) is 5.69 Å². The van der Waals surface area contributed by atoms with Gasteiger partial charge in [-0.25, -0.2) is 4.98 Å². The molecule has 0 radical (unpaired) electrons. The highest BCUT2D eigenvalue weighted by Crippen LogP contribution is 2.24. The minimum absolute atomic E-state index is 0.0410. The smallest absolute Gasteiger partial charge is 0.278 e. The highest BCUT2D eigenvalue weighted by atomic mass is 32.2. The first kappa shape index (κ1) is 11.2. The van der Waals surface area contributed by atoms with Gasteiger partial charge in [-0.15, -0.1) is 0 Å². The topological polar surface area (TPSA) is 84.1 Å². The van der Waals surface area contributed by atoms with Crippen LogP contribution >= 0.6 is 0 Å². The van der Waals surface area contributed by atoms with Crippen molar-refractivity contribution in [3.05, 3.63) is 41.9 Å². The summed E-state index contributed by atoms with van der Waals surface area (Å²) in [5, 5.41) is 0.0410. The van der Waals surface area contributed by atoms with Crippen molar-refractivity contribution in [3.8, 4) is 0 Å². The Hall–Kier alpha value is -1.86. The fourth-order valence-electron chi connectivity index (χ4n) is 1.84. The Morgan fingerprint density at radius 1 is 1.28 bits per heavy atom. The number of aromatic nitrogens is 2. The van der Waals surface area contributed by atoms with Crippen molar-refractivity contribution in [3.63, 3.8) is 0 Å². The van der Waals surface area contributed by atoms with Crippen LogP contribution in [0.5, 0.6) is 0 Å². The van der Waals surface area contributed by atoms with E-state index >= 15 is 0 Å². The van der Waals surface area contributed by atoms with Crippen LogP contribution in [0, 0.1) is 0 Å². The summed E-state index contributed by atoms with van der Waals surface area (Å²) in [5.41, 5.74) is 2.63. The predicted molar refractivity (Wildman–Crippen MR) is 64.3 cm³/mol. The number of hydrogen-bond acceptors (Lipinski definition) is 4. The molecule has 0 atom stereocenters. The van der Waals surface area contributed by atoms with E-state index < -0.39 is 10.0 Å². The number of aromatic amines is 1. The summed E-state index contributed by atoms with van der Waals surface area (Å²) in [5.74, 6) is 0. The minimum atomic E-state index is -3.60. The number of imidazole rings is 1. The molecule has 0 saturated heterocycles. The number of hydrogen-bond donors (Lipinski definition) is 2. The van der Waals surface area contributed by atoms with E-state index in [1.165, 1.54) is 12.5 Å². The number of benzene rings is 1. The molecule has 3 rings (SSSR count). The molecule has 94 valence electrons. The van der Waals surface area contributed by atoms with Gasteiger partial charge in [-0.3, -0.25) is 4.72 Å². The molecule has 0 amide bonds. The lowest BCUT2D eigenvalue weighted by atomic mass is 10.1. The lowest BCUT2D eigenvalue weighted by Gasteiger charge is -2.07. The molecule has 0 fully saturated rings. The van der Waals surface area contributed by atoms with Crippen LogP contribution in [-0.2, 0) is 28.0 Å². The van der Waals surface area contributed by atoms with Gasteiger partial charge in [0.2, 0.25) is 0 Å². The van der Waals surface area contributed by atoms with Gasteiger partial charge in [0.15, 0.2) is 5.03 Å². The summed E-state index contributed by atoms with van der Waals surface area (Å²) in [4.78, 5) is 6.26. The summed E-state index contributed by atoms with van der Waals surface area (Å²) in [6, 6.07) is 5.38. The maximum atomic E-state index is 11.9. The van der Waals surface area contributed by atoms with E-state index in [0.717, 1.165) is 11.1 Å². The van der Waals surface area contributed by atoms with Crippen LogP contribution in [0.25, 0.3) is 0 Å². The van der Waals surface area contributed by atoms with Crippen molar-refractivity contribution in [1.29, 1.82) is 0 Å². The normalized spacial score (nSPS) is 14.4. The molecule has 18 heavy (non-hydrogen) atoms. The standard InChI is InChI=1S/C11H11N3O3S/c15-18(16,11-4-12-7-13-11)14-10-2-1-8-5-17-6-9(8)3-10/h1-4,7,14H,5-6H2,(H,12,13). The molecule has 2 heterocycles. The second-order valence-corrected chi connectivity index (χ2v) is 5.65. The molecule has 1 aromatic carbocycles. The van der Waals surface area contributed by atoms with Gasteiger partial charge in [0.25, 0.3) is 10.0 Å². The van der Waals surface area contributed by atoms with Gasteiger partial charge in [0.1, 0.15) is 0 Å². The van der Waals surface area contributed by atoms with Crippen molar-refractivity contribution >= 4 is 15.7 Å². The lowest BCUT2D eigenvalue weighted by molar-refractivity contribution is 0.134. The highest BCUT2D eigenvalue weighted by molar-refractivity contribution is 7.92. The Labute approximate surface area is 104 Å². The second-order valence-electron chi connectivity index (χ2n) is 4.00. The Morgan fingerprint density at radius 3 is 2.89 bits per heavy atom. The van der Waals surface area contributed by atoms with Crippen molar-refractivity contribution in [2.24, 2.45) is 0 Å². The average Bonchev–Trinajstić information content (AvgIpc) is 2.99. The Morgan fingerprint density at radius 2 is 2.11 bits per heavy atom. The van der Waals surface area contributed by atoms with Crippen LogP contribution in [0.2, 0.25) is 0 Å². The van der Waals surface area contributed by atoms with E-state index in [1.54, 1.807) is 12.1 Å². The zero-order chi connectivity index (χ0) is 12.6. The van der Waals surface area contributed by atoms with Crippen molar-refractivity contribution in [2.75, 3.05) is 4.72 Å². The van der Waals surface area contributed by atoms with Gasteiger partial charge in [0.05, 0.1) is 25.7 Å². The number of fused-ring (bicyclic) bond motifs is 1. The highest BCUT2D eigenvalue weighted by Gasteiger charge is 2.17. The van der Waals surface area contributed by atoms with E-state index in [2.05, 4.69) is 14.7 Å². The first-order chi connectivity index (χ1) is 8.65. The Balaban J connectivity index is 1.89. The average molecular weight is 265 g/mol. The van der Waals surface area contributed by atoms with E-state index in [9.17, 15) is 8.42 Å². The molecular weight excluding hydrogens is 254 g/mol. The number of rotatable bonds is 3. The van der Waals surface area contributed by atoms with Crippen LogP contribution in [0.1, 0.15) is 11.1 Å². The molecule has 0 bridgehead atoms. The van der Waals surface area contributed by atoms with Gasteiger partial charge in [-0.2, -0.15) is 8.42 Å². The molecule has 1 aromatic heterocycles. The molecule has 0 saturated carbocycles. The van der Waals surface area contributed by atoms with Crippen molar-refractivity contribution in [2.45, 2.75) is 18.2 Å². The van der Waals surface area contributed by atoms with Gasteiger partial charge in [-0.05, 0) is 23.3 Å². The van der Waals surface area contributed by atoms with Crippen LogP contribution in [0.15, 0.2) is 35.7 Å². The first-order valence-corrected chi connectivity index (χ1v) is 6.84. The lowest BCUT2D eigenvalue weighted by Crippen LogP contribution is -2.13. The third-order valence-corrected chi connectivity index (χ3v) is 4.04. The Bertz CT molecular complexity index is 665. The quantitative estimate of drug-likeness (QED) is 0.874. The summed E-state index contributed by atoms with van der Waals surface area (Å²) in [7, 11) is -3.60. The minimum Gasteiger partial charge on any atom is -0.372 e. The molecule has 1 aliphatic rings. The van der Waals surface area contributed by atoms with E-state index in [0.29, 0.717) is 18.9 Å². The third-order valence-electron chi connectivity index (χ3n) is 2.74.